The quantitative estimate of drug-likeness (QED) is 0.576. The molecule has 0 radical (unpaired) electrons. The van der Waals surface area contributed by atoms with Crippen molar-refractivity contribution in [2.75, 3.05) is 20.8 Å². The van der Waals surface area contributed by atoms with Gasteiger partial charge in [0.05, 0.1) is 26.0 Å². The van der Waals surface area contributed by atoms with E-state index >= 15 is 0 Å². The van der Waals surface area contributed by atoms with E-state index in [2.05, 4.69) is 4.98 Å². The van der Waals surface area contributed by atoms with Crippen molar-refractivity contribution in [3.63, 3.8) is 0 Å². The summed E-state index contributed by atoms with van der Waals surface area (Å²) in [5, 5.41) is 2.33. The maximum absolute atomic E-state index is 12.9. The number of aromatic nitrogens is 2. The minimum absolute atomic E-state index is 0.0130. The third-order valence-corrected chi connectivity index (χ3v) is 6.00. The minimum Gasteiger partial charge on any atom is -0.493 e. The first-order valence-electron chi connectivity index (χ1n) is 8.94. The lowest BCUT2D eigenvalue weighted by molar-refractivity contribution is -0.126. The number of halogens is 1. The molecule has 1 unspecified atom stereocenters. The fourth-order valence-corrected chi connectivity index (χ4v) is 4.61. The van der Waals surface area contributed by atoms with Crippen molar-refractivity contribution < 1.29 is 14.3 Å². The van der Waals surface area contributed by atoms with Gasteiger partial charge in [-0.3, -0.25) is 9.20 Å². The Bertz CT molecular complexity index is 1040. The van der Waals surface area contributed by atoms with E-state index in [1.54, 1.807) is 26.4 Å². The Balaban J connectivity index is 1.57. The molecule has 0 N–H and O–H groups in total. The summed E-state index contributed by atoms with van der Waals surface area (Å²) in [6.07, 6.45) is 7.08. The third-order valence-electron chi connectivity index (χ3n) is 4.97. The number of thiazole rings is 1. The number of amides is 1. The van der Waals surface area contributed by atoms with E-state index in [-0.39, 0.29) is 11.9 Å². The van der Waals surface area contributed by atoms with Crippen molar-refractivity contribution in [3.8, 4) is 11.5 Å². The molecule has 0 bridgehead atoms. The summed E-state index contributed by atoms with van der Waals surface area (Å²) in [5.41, 5.74) is 1.76. The van der Waals surface area contributed by atoms with Gasteiger partial charge < -0.3 is 14.4 Å². The number of carbonyl (C=O) groups excluding carboxylic acids is 1. The Morgan fingerprint density at radius 1 is 1.32 bits per heavy atom. The van der Waals surface area contributed by atoms with E-state index in [0.29, 0.717) is 22.3 Å². The summed E-state index contributed by atoms with van der Waals surface area (Å²) in [6, 6.07) is 5.83. The van der Waals surface area contributed by atoms with Crippen LogP contribution in [0.1, 0.15) is 30.1 Å². The number of carbonyl (C=O) groups is 1. The summed E-state index contributed by atoms with van der Waals surface area (Å²) in [5.74, 6) is 1.30. The number of fused-ring (bicyclic) bond motifs is 1. The Labute approximate surface area is 172 Å². The number of likely N-dealkylation sites (tertiary alicyclic amines) is 1. The summed E-state index contributed by atoms with van der Waals surface area (Å²) in [6.45, 7) is 0.718. The summed E-state index contributed by atoms with van der Waals surface area (Å²) in [7, 11) is 3.22. The lowest BCUT2D eigenvalue weighted by Crippen LogP contribution is -2.28. The van der Waals surface area contributed by atoms with Gasteiger partial charge in [-0.1, -0.05) is 17.7 Å². The van der Waals surface area contributed by atoms with Crippen LogP contribution in [-0.2, 0) is 4.79 Å². The molecule has 28 heavy (non-hydrogen) atoms. The monoisotopic (exact) mass is 417 g/mol. The molecule has 1 fully saturated rings. The molecule has 1 aliphatic heterocycles. The topological polar surface area (TPSA) is 56.1 Å². The van der Waals surface area contributed by atoms with Gasteiger partial charge in [0.25, 0.3) is 0 Å². The van der Waals surface area contributed by atoms with Gasteiger partial charge in [0.15, 0.2) is 21.6 Å². The molecule has 6 nitrogen and oxygen atoms in total. The molecule has 0 aliphatic carbocycles. The van der Waals surface area contributed by atoms with Crippen LogP contribution in [-0.4, -0.2) is 41.0 Å². The molecule has 146 valence electrons. The van der Waals surface area contributed by atoms with Gasteiger partial charge >= 0.3 is 0 Å². The maximum Gasteiger partial charge on any atom is 0.247 e. The van der Waals surface area contributed by atoms with E-state index in [1.165, 1.54) is 11.3 Å². The number of benzene rings is 1. The molecule has 2 aromatic heterocycles. The van der Waals surface area contributed by atoms with Crippen LogP contribution in [0.2, 0.25) is 5.15 Å². The van der Waals surface area contributed by atoms with Crippen molar-refractivity contribution in [2.24, 2.45) is 0 Å². The van der Waals surface area contributed by atoms with Crippen LogP contribution >= 0.6 is 22.9 Å². The number of nitrogens with zero attached hydrogens (tertiary/aromatic N) is 3. The van der Waals surface area contributed by atoms with Crippen LogP contribution < -0.4 is 9.47 Å². The first kappa shape index (κ1) is 18.8. The molecule has 1 aliphatic rings. The Morgan fingerprint density at radius 2 is 2.14 bits per heavy atom. The van der Waals surface area contributed by atoms with Gasteiger partial charge in [-0.25, -0.2) is 4.98 Å². The normalized spacial score (nSPS) is 17.0. The van der Waals surface area contributed by atoms with Gasteiger partial charge in [-0.05, 0) is 36.6 Å². The summed E-state index contributed by atoms with van der Waals surface area (Å²) in [4.78, 5) is 19.9. The number of hydrogen-bond acceptors (Lipinski definition) is 5. The Morgan fingerprint density at radius 3 is 2.93 bits per heavy atom. The molecule has 1 amide bonds. The molecular formula is C20H20ClN3O3S. The van der Waals surface area contributed by atoms with Crippen LogP contribution in [0.5, 0.6) is 11.5 Å². The first-order chi connectivity index (χ1) is 13.6. The molecule has 1 saturated heterocycles. The Kier molecular flexibility index (Phi) is 5.28. The smallest absolute Gasteiger partial charge is 0.247 e. The fraction of sp³-hybridized carbons (Fsp3) is 0.300. The highest BCUT2D eigenvalue weighted by Gasteiger charge is 2.29. The van der Waals surface area contributed by atoms with Gasteiger partial charge in [-0.15, -0.1) is 11.3 Å². The van der Waals surface area contributed by atoms with Crippen molar-refractivity contribution in [2.45, 2.75) is 18.9 Å². The minimum atomic E-state index is -0.0430. The number of imidazole rings is 1. The number of methoxy groups -OCH3 is 2. The van der Waals surface area contributed by atoms with Crippen LogP contribution in [0, 0.1) is 0 Å². The molecular weight excluding hydrogens is 398 g/mol. The van der Waals surface area contributed by atoms with Crippen molar-refractivity contribution in [3.05, 3.63) is 52.3 Å². The van der Waals surface area contributed by atoms with E-state index < -0.39 is 0 Å². The molecule has 0 spiro atoms. The Hall–Kier alpha value is -2.51. The van der Waals surface area contributed by atoms with E-state index in [4.69, 9.17) is 21.1 Å². The van der Waals surface area contributed by atoms with Crippen molar-refractivity contribution in [1.82, 2.24) is 14.3 Å². The highest BCUT2D eigenvalue weighted by Crippen LogP contribution is 2.37. The average Bonchev–Trinajstić information content (AvgIpc) is 3.42. The first-order valence-corrected chi connectivity index (χ1v) is 10.2. The second kappa shape index (κ2) is 7.85. The number of hydrogen-bond donors (Lipinski definition) is 0. The summed E-state index contributed by atoms with van der Waals surface area (Å²) < 4.78 is 12.6. The zero-order valence-corrected chi connectivity index (χ0v) is 17.2. The predicted molar refractivity (Wildman–Crippen MR) is 110 cm³/mol. The van der Waals surface area contributed by atoms with Gasteiger partial charge in [0.2, 0.25) is 5.91 Å². The molecule has 1 aromatic carbocycles. The zero-order chi connectivity index (χ0) is 19.7. The largest absolute Gasteiger partial charge is 0.493 e. The SMILES string of the molecule is COc1ccc(C2CCCN2C(=O)/C=C/c2c(Cl)nc3sccn23)cc1OC. The van der Waals surface area contributed by atoms with E-state index in [9.17, 15) is 4.79 Å². The van der Waals surface area contributed by atoms with Crippen LogP contribution in [0.3, 0.4) is 0 Å². The fourth-order valence-electron chi connectivity index (χ4n) is 3.61. The standard InChI is InChI=1S/C20H20ClN3O3S/c1-26-16-7-5-13(12-17(16)27-2)14-4-3-9-23(14)18(25)8-6-15-19(21)22-20-24(15)10-11-28-20/h5-8,10-12,14H,3-4,9H2,1-2H3/b8-6+. The molecule has 4 rings (SSSR count). The maximum atomic E-state index is 12.9. The average molecular weight is 418 g/mol. The second-order valence-corrected chi connectivity index (χ2v) is 7.71. The third kappa shape index (κ3) is 3.36. The predicted octanol–water partition coefficient (Wildman–Crippen LogP) is 4.44. The van der Waals surface area contributed by atoms with Gasteiger partial charge in [-0.2, -0.15) is 0 Å². The molecule has 0 saturated carbocycles. The number of ether oxygens (including phenoxy) is 2. The van der Waals surface area contributed by atoms with Crippen molar-refractivity contribution in [1.29, 1.82) is 0 Å². The lowest BCUT2D eigenvalue weighted by Gasteiger charge is -2.24. The summed E-state index contributed by atoms with van der Waals surface area (Å²) >= 11 is 7.71. The molecule has 1 atom stereocenters. The van der Waals surface area contributed by atoms with Crippen LogP contribution in [0.4, 0.5) is 0 Å². The van der Waals surface area contributed by atoms with E-state index in [1.807, 2.05) is 39.1 Å². The van der Waals surface area contributed by atoms with Crippen LogP contribution in [0.25, 0.3) is 11.0 Å². The molecule has 8 heteroatoms. The lowest BCUT2D eigenvalue weighted by atomic mass is 10.0. The van der Waals surface area contributed by atoms with E-state index in [0.717, 1.165) is 29.9 Å². The highest BCUT2D eigenvalue weighted by atomic mass is 35.5. The van der Waals surface area contributed by atoms with Gasteiger partial charge in [0.1, 0.15) is 0 Å². The highest BCUT2D eigenvalue weighted by molar-refractivity contribution is 7.15. The second-order valence-electron chi connectivity index (χ2n) is 6.48. The van der Waals surface area contributed by atoms with Crippen molar-refractivity contribution >= 4 is 39.9 Å². The zero-order valence-electron chi connectivity index (χ0n) is 15.6. The molecule has 3 aromatic rings. The molecule has 3 heterocycles. The van der Waals surface area contributed by atoms with Crippen LogP contribution in [0.15, 0.2) is 35.9 Å². The van der Waals surface area contributed by atoms with Gasteiger partial charge in [0, 0.05) is 24.2 Å². The number of rotatable bonds is 5.